The largest absolute Gasteiger partial charge is 0.497 e. The lowest BCUT2D eigenvalue weighted by molar-refractivity contribution is 0.104. The minimum atomic E-state index is -0.0594. The quantitative estimate of drug-likeness (QED) is 0.496. The Labute approximate surface area is 126 Å². The highest BCUT2D eigenvalue weighted by molar-refractivity contribution is 6.38. The smallest absolute Gasteiger partial charge is 0.197 e. The molecule has 1 aromatic heterocycles. The van der Waals surface area contributed by atoms with Gasteiger partial charge in [-0.15, -0.1) is 0 Å². The molecule has 0 spiro atoms. The van der Waals surface area contributed by atoms with Crippen LogP contribution in [0.4, 0.5) is 0 Å². The van der Waals surface area contributed by atoms with Crippen molar-refractivity contribution in [1.82, 2.24) is 4.98 Å². The number of aromatic nitrogens is 1. The molecule has 102 valence electrons. The summed E-state index contributed by atoms with van der Waals surface area (Å²) < 4.78 is 5.22. The van der Waals surface area contributed by atoms with E-state index in [0.717, 1.165) is 22.0 Å². The summed E-state index contributed by atoms with van der Waals surface area (Å²) in [5.41, 5.74) is 3.68. The second kappa shape index (κ2) is 4.30. The molecule has 1 aliphatic carbocycles. The number of carbonyl (C=O) groups excluding carboxylic acids is 1. The number of ketones is 1. The normalized spacial score (nSPS) is 12.4. The highest BCUT2D eigenvalue weighted by atomic mass is 35.5. The van der Waals surface area contributed by atoms with Crippen LogP contribution in [0.5, 0.6) is 5.75 Å². The molecule has 1 aliphatic rings. The first-order chi connectivity index (χ1) is 10.2. The van der Waals surface area contributed by atoms with Crippen LogP contribution in [0.15, 0.2) is 42.5 Å². The molecule has 0 N–H and O–H groups in total. The van der Waals surface area contributed by atoms with E-state index in [4.69, 9.17) is 16.3 Å². The van der Waals surface area contributed by atoms with Crippen LogP contribution in [-0.2, 0) is 0 Å². The second-order valence-electron chi connectivity index (χ2n) is 4.91. The third kappa shape index (κ3) is 1.61. The molecule has 3 nitrogen and oxygen atoms in total. The topological polar surface area (TPSA) is 39.2 Å². The lowest BCUT2D eigenvalue weighted by Gasteiger charge is -2.08. The van der Waals surface area contributed by atoms with E-state index in [2.05, 4.69) is 4.98 Å². The molecule has 2 aromatic carbocycles. The summed E-state index contributed by atoms with van der Waals surface area (Å²) >= 11 is 6.26. The fraction of sp³-hybridized carbons (Fsp3) is 0.0588. The maximum absolute atomic E-state index is 12.5. The molecule has 0 unspecified atom stereocenters. The molecule has 0 atom stereocenters. The van der Waals surface area contributed by atoms with Crippen LogP contribution in [0.3, 0.4) is 0 Å². The summed E-state index contributed by atoms with van der Waals surface area (Å²) in [6.07, 6.45) is 0. The first-order valence-corrected chi connectivity index (χ1v) is 6.90. The van der Waals surface area contributed by atoms with Gasteiger partial charge in [0.15, 0.2) is 5.78 Å². The molecule has 21 heavy (non-hydrogen) atoms. The summed E-state index contributed by atoms with van der Waals surface area (Å²) in [6, 6.07) is 13.2. The van der Waals surface area contributed by atoms with Crippen LogP contribution in [0.25, 0.3) is 22.0 Å². The molecule has 0 aliphatic heterocycles. The van der Waals surface area contributed by atoms with Crippen molar-refractivity contribution in [3.8, 4) is 16.9 Å². The number of benzene rings is 2. The van der Waals surface area contributed by atoms with Crippen LogP contribution in [-0.4, -0.2) is 17.9 Å². The second-order valence-corrected chi connectivity index (χ2v) is 5.27. The van der Waals surface area contributed by atoms with Crippen LogP contribution in [0.1, 0.15) is 15.9 Å². The number of ether oxygens (including phenoxy) is 1. The first kappa shape index (κ1) is 12.4. The van der Waals surface area contributed by atoms with Crippen LogP contribution >= 0.6 is 11.6 Å². The van der Waals surface area contributed by atoms with E-state index in [0.29, 0.717) is 16.9 Å². The maximum atomic E-state index is 12.5. The van der Waals surface area contributed by atoms with Gasteiger partial charge in [-0.1, -0.05) is 35.9 Å². The summed E-state index contributed by atoms with van der Waals surface area (Å²) in [5, 5.41) is 1.15. The average Bonchev–Trinajstić information content (AvgIpc) is 2.81. The SMILES string of the molecule is COc1ccc2c3c(c(Cl)nc2c1)C(=O)c1ccccc1-3. The lowest BCUT2D eigenvalue weighted by Crippen LogP contribution is -1.98. The summed E-state index contributed by atoms with van der Waals surface area (Å²) in [5.74, 6) is 0.652. The van der Waals surface area contributed by atoms with Gasteiger partial charge in [0, 0.05) is 22.6 Å². The molecular weight excluding hydrogens is 286 g/mol. The molecule has 0 amide bonds. The standard InChI is InChI=1S/C17H10ClNO2/c1-21-9-6-7-12-13(8-9)19-17(18)15-14(12)10-4-2-3-5-11(10)16(15)20/h2-8H,1H3. The monoisotopic (exact) mass is 295 g/mol. The Balaban J connectivity index is 2.16. The third-order valence-electron chi connectivity index (χ3n) is 3.82. The maximum Gasteiger partial charge on any atom is 0.197 e. The van der Waals surface area contributed by atoms with Crippen molar-refractivity contribution >= 4 is 28.3 Å². The molecular formula is C17H10ClNO2. The van der Waals surface area contributed by atoms with Gasteiger partial charge in [-0.05, 0) is 17.7 Å². The Hall–Kier alpha value is -2.39. The van der Waals surface area contributed by atoms with Gasteiger partial charge in [0.25, 0.3) is 0 Å². The van der Waals surface area contributed by atoms with Gasteiger partial charge in [-0.2, -0.15) is 0 Å². The zero-order valence-corrected chi connectivity index (χ0v) is 11.9. The van der Waals surface area contributed by atoms with Crippen LogP contribution < -0.4 is 4.74 Å². The Kier molecular flexibility index (Phi) is 2.53. The van der Waals surface area contributed by atoms with Crippen molar-refractivity contribution in [3.05, 3.63) is 58.7 Å². The Bertz CT molecular complexity index is 918. The highest BCUT2D eigenvalue weighted by Gasteiger charge is 2.31. The molecule has 0 saturated carbocycles. The average molecular weight is 296 g/mol. The number of fused-ring (bicyclic) bond motifs is 5. The first-order valence-electron chi connectivity index (χ1n) is 6.52. The summed E-state index contributed by atoms with van der Waals surface area (Å²) in [6.45, 7) is 0. The number of nitrogens with zero attached hydrogens (tertiary/aromatic N) is 1. The third-order valence-corrected chi connectivity index (χ3v) is 4.09. The molecule has 1 heterocycles. The van der Waals surface area contributed by atoms with Crippen LogP contribution in [0, 0.1) is 0 Å². The number of hydrogen-bond donors (Lipinski definition) is 0. The van der Waals surface area contributed by atoms with Gasteiger partial charge in [-0.3, -0.25) is 4.79 Å². The van der Waals surface area contributed by atoms with Crippen molar-refractivity contribution in [2.75, 3.05) is 7.11 Å². The van der Waals surface area contributed by atoms with E-state index in [9.17, 15) is 4.79 Å². The Morgan fingerprint density at radius 2 is 1.81 bits per heavy atom. The van der Waals surface area contributed by atoms with Crippen molar-refractivity contribution in [3.63, 3.8) is 0 Å². The summed E-state index contributed by atoms with van der Waals surface area (Å²) in [4.78, 5) is 16.9. The van der Waals surface area contributed by atoms with Gasteiger partial charge in [0.1, 0.15) is 10.9 Å². The molecule has 0 radical (unpaired) electrons. The minimum absolute atomic E-state index is 0.0594. The van der Waals surface area contributed by atoms with E-state index in [1.165, 1.54) is 0 Å². The van der Waals surface area contributed by atoms with E-state index in [1.807, 2.05) is 42.5 Å². The van der Waals surface area contributed by atoms with E-state index in [-0.39, 0.29) is 10.9 Å². The highest BCUT2D eigenvalue weighted by Crippen LogP contribution is 2.43. The molecule has 0 fully saturated rings. The van der Waals surface area contributed by atoms with Gasteiger partial charge < -0.3 is 4.74 Å². The predicted molar refractivity (Wildman–Crippen MR) is 82.2 cm³/mol. The van der Waals surface area contributed by atoms with E-state index < -0.39 is 0 Å². The molecule has 3 aromatic rings. The van der Waals surface area contributed by atoms with Crippen molar-refractivity contribution in [1.29, 1.82) is 0 Å². The van der Waals surface area contributed by atoms with Crippen molar-refractivity contribution in [2.24, 2.45) is 0 Å². The fourth-order valence-electron chi connectivity index (χ4n) is 2.86. The van der Waals surface area contributed by atoms with Gasteiger partial charge in [0.2, 0.25) is 0 Å². The van der Waals surface area contributed by atoms with Crippen molar-refractivity contribution in [2.45, 2.75) is 0 Å². The number of pyridine rings is 1. The van der Waals surface area contributed by atoms with Crippen molar-refractivity contribution < 1.29 is 9.53 Å². The van der Waals surface area contributed by atoms with Gasteiger partial charge in [0.05, 0.1) is 18.2 Å². The van der Waals surface area contributed by atoms with Gasteiger partial charge >= 0.3 is 0 Å². The Morgan fingerprint density at radius 3 is 2.57 bits per heavy atom. The number of methoxy groups -OCH3 is 1. The number of rotatable bonds is 1. The lowest BCUT2D eigenvalue weighted by atomic mass is 10.0. The number of halogens is 1. The molecule has 4 heteroatoms. The van der Waals surface area contributed by atoms with E-state index in [1.54, 1.807) is 7.11 Å². The molecule has 0 bridgehead atoms. The minimum Gasteiger partial charge on any atom is -0.497 e. The zero-order valence-electron chi connectivity index (χ0n) is 11.2. The molecule has 0 saturated heterocycles. The van der Waals surface area contributed by atoms with Gasteiger partial charge in [-0.25, -0.2) is 4.98 Å². The summed E-state index contributed by atoms with van der Waals surface area (Å²) in [7, 11) is 1.61. The number of carbonyl (C=O) groups is 1. The Morgan fingerprint density at radius 1 is 1.05 bits per heavy atom. The molecule has 4 rings (SSSR count). The number of hydrogen-bond acceptors (Lipinski definition) is 3. The van der Waals surface area contributed by atoms with E-state index >= 15 is 0 Å². The fourth-order valence-corrected chi connectivity index (χ4v) is 3.13. The predicted octanol–water partition coefficient (Wildman–Crippen LogP) is 4.11. The zero-order chi connectivity index (χ0) is 14.6. The van der Waals surface area contributed by atoms with Crippen LogP contribution in [0.2, 0.25) is 5.15 Å².